The van der Waals surface area contributed by atoms with Gasteiger partial charge in [0.15, 0.2) is 0 Å². The third kappa shape index (κ3) is 3.45. The minimum absolute atomic E-state index is 0.0916. The number of rotatable bonds is 3. The smallest absolute Gasteiger partial charge is 0.309 e. The van der Waals surface area contributed by atoms with Crippen LogP contribution in [0.4, 0.5) is 4.39 Å². The Morgan fingerprint density at radius 3 is 3.11 bits per heavy atom. The van der Waals surface area contributed by atoms with Gasteiger partial charge in [0.25, 0.3) is 0 Å². The first kappa shape index (κ1) is 14.3. The van der Waals surface area contributed by atoms with Crippen LogP contribution in [0.2, 0.25) is 5.02 Å². The van der Waals surface area contributed by atoms with Crippen LogP contribution in [-0.4, -0.2) is 31.1 Å². The summed E-state index contributed by atoms with van der Waals surface area (Å²) in [4.78, 5) is 13.7. The summed E-state index contributed by atoms with van der Waals surface area (Å²) >= 11 is 5.95. The molecule has 0 spiro atoms. The Morgan fingerprint density at radius 2 is 2.37 bits per heavy atom. The van der Waals surface area contributed by atoms with Crippen molar-refractivity contribution in [3.8, 4) is 0 Å². The van der Waals surface area contributed by atoms with Crippen molar-refractivity contribution in [2.45, 2.75) is 19.4 Å². The van der Waals surface area contributed by atoms with E-state index in [0.29, 0.717) is 13.1 Å². The number of esters is 1. The van der Waals surface area contributed by atoms with E-state index in [9.17, 15) is 9.18 Å². The van der Waals surface area contributed by atoms with Crippen LogP contribution < -0.4 is 0 Å². The van der Waals surface area contributed by atoms with Gasteiger partial charge in [-0.2, -0.15) is 0 Å². The van der Waals surface area contributed by atoms with E-state index in [4.69, 9.17) is 16.3 Å². The Bertz CT molecular complexity index is 467. The Hall–Kier alpha value is -1.13. The van der Waals surface area contributed by atoms with Crippen LogP contribution in [0.15, 0.2) is 18.2 Å². The molecule has 1 aliphatic heterocycles. The third-order valence-corrected chi connectivity index (χ3v) is 3.89. The number of methoxy groups -OCH3 is 1. The van der Waals surface area contributed by atoms with E-state index in [0.717, 1.165) is 24.9 Å². The minimum atomic E-state index is -0.402. The molecule has 0 aliphatic carbocycles. The Morgan fingerprint density at radius 1 is 1.58 bits per heavy atom. The topological polar surface area (TPSA) is 29.5 Å². The summed E-state index contributed by atoms with van der Waals surface area (Å²) in [5.74, 6) is -0.665. The van der Waals surface area contributed by atoms with Gasteiger partial charge < -0.3 is 4.74 Å². The van der Waals surface area contributed by atoms with Crippen molar-refractivity contribution in [2.24, 2.45) is 5.92 Å². The molecule has 0 saturated carbocycles. The molecule has 0 bridgehead atoms. The summed E-state index contributed by atoms with van der Waals surface area (Å²) in [7, 11) is 1.41. The van der Waals surface area contributed by atoms with Gasteiger partial charge in [0.1, 0.15) is 5.82 Å². The molecule has 1 aromatic rings. The molecule has 0 aromatic heterocycles. The second-order valence-corrected chi connectivity index (χ2v) is 5.19. The number of carbonyl (C=O) groups excluding carboxylic acids is 1. The maximum atomic E-state index is 13.4. The lowest BCUT2D eigenvalue weighted by molar-refractivity contribution is -0.147. The first-order valence-corrected chi connectivity index (χ1v) is 6.72. The summed E-state index contributed by atoms with van der Waals surface area (Å²) in [6.07, 6.45) is 1.78. The van der Waals surface area contributed by atoms with Crippen LogP contribution in [0.5, 0.6) is 0 Å². The van der Waals surface area contributed by atoms with Crippen molar-refractivity contribution in [1.82, 2.24) is 4.90 Å². The average molecular weight is 286 g/mol. The van der Waals surface area contributed by atoms with Crippen LogP contribution in [0.3, 0.4) is 0 Å². The predicted octanol–water partition coefficient (Wildman–Crippen LogP) is 2.86. The lowest BCUT2D eigenvalue weighted by atomic mass is 9.98. The van der Waals surface area contributed by atoms with Crippen LogP contribution in [0.1, 0.15) is 18.4 Å². The summed E-state index contributed by atoms with van der Waals surface area (Å²) in [6, 6.07) is 4.81. The minimum Gasteiger partial charge on any atom is -0.469 e. The van der Waals surface area contributed by atoms with Crippen LogP contribution in [-0.2, 0) is 16.1 Å². The molecule has 1 aliphatic rings. The molecule has 19 heavy (non-hydrogen) atoms. The zero-order valence-corrected chi connectivity index (χ0v) is 11.6. The largest absolute Gasteiger partial charge is 0.469 e. The Kier molecular flexibility index (Phi) is 4.77. The van der Waals surface area contributed by atoms with Crippen molar-refractivity contribution in [3.63, 3.8) is 0 Å². The molecule has 0 amide bonds. The number of nitrogens with zero attached hydrogens (tertiary/aromatic N) is 1. The molecule has 1 heterocycles. The number of likely N-dealkylation sites (tertiary alicyclic amines) is 1. The number of benzene rings is 1. The van der Waals surface area contributed by atoms with Gasteiger partial charge in [-0.15, -0.1) is 0 Å². The lowest BCUT2D eigenvalue weighted by Crippen LogP contribution is -2.38. The highest BCUT2D eigenvalue weighted by atomic mass is 35.5. The lowest BCUT2D eigenvalue weighted by Gasteiger charge is -2.31. The van der Waals surface area contributed by atoms with Crippen molar-refractivity contribution in [2.75, 3.05) is 20.2 Å². The van der Waals surface area contributed by atoms with E-state index in [2.05, 4.69) is 4.90 Å². The Labute approximate surface area is 117 Å². The molecular formula is C14H17ClFNO2. The van der Waals surface area contributed by atoms with Crippen molar-refractivity contribution in [1.29, 1.82) is 0 Å². The number of ether oxygens (including phenoxy) is 1. The maximum Gasteiger partial charge on any atom is 0.309 e. The van der Waals surface area contributed by atoms with Crippen LogP contribution >= 0.6 is 11.6 Å². The maximum absolute atomic E-state index is 13.4. The van der Waals surface area contributed by atoms with E-state index in [1.165, 1.54) is 13.2 Å². The van der Waals surface area contributed by atoms with E-state index in [1.54, 1.807) is 6.07 Å². The normalized spacial score (nSPS) is 20.3. The molecule has 1 saturated heterocycles. The van der Waals surface area contributed by atoms with Crippen LogP contribution in [0.25, 0.3) is 0 Å². The van der Waals surface area contributed by atoms with Gasteiger partial charge in [-0.1, -0.05) is 23.7 Å². The van der Waals surface area contributed by atoms with Gasteiger partial charge in [0.2, 0.25) is 0 Å². The molecule has 104 valence electrons. The second-order valence-electron chi connectivity index (χ2n) is 4.81. The number of hydrogen-bond acceptors (Lipinski definition) is 3. The fraction of sp³-hybridized carbons (Fsp3) is 0.500. The SMILES string of the molecule is COC(=O)C1CCCN(Cc2cccc(F)c2Cl)C1. The fourth-order valence-electron chi connectivity index (χ4n) is 2.47. The molecule has 1 fully saturated rings. The highest BCUT2D eigenvalue weighted by Gasteiger charge is 2.26. The standard InChI is InChI=1S/C14H17ClFNO2/c1-19-14(18)11-5-3-7-17(9-11)8-10-4-2-6-12(16)13(10)15/h2,4,6,11H,3,5,7-9H2,1H3. The zero-order valence-electron chi connectivity index (χ0n) is 10.9. The van der Waals surface area contributed by atoms with Crippen LogP contribution in [0, 0.1) is 11.7 Å². The highest BCUT2D eigenvalue weighted by molar-refractivity contribution is 6.31. The van der Waals surface area contributed by atoms with E-state index < -0.39 is 5.82 Å². The van der Waals surface area contributed by atoms with Gasteiger partial charge >= 0.3 is 5.97 Å². The number of halogens is 2. The average Bonchev–Trinajstić information content (AvgIpc) is 2.43. The zero-order chi connectivity index (χ0) is 13.8. The number of piperidine rings is 1. The van der Waals surface area contributed by atoms with Gasteiger partial charge in [0, 0.05) is 13.1 Å². The van der Waals surface area contributed by atoms with Crippen molar-refractivity contribution < 1.29 is 13.9 Å². The predicted molar refractivity (Wildman–Crippen MR) is 71.4 cm³/mol. The first-order chi connectivity index (χ1) is 9.11. The van der Waals surface area contributed by atoms with Gasteiger partial charge in [-0.3, -0.25) is 9.69 Å². The van der Waals surface area contributed by atoms with Crippen molar-refractivity contribution >= 4 is 17.6 Å². The molecular weight excluding hydrogens is 269 g/mol. The van der Waals surface area contributed by atoms with E-state index in [-0.39, 0.29) is 16.9 Å². The third-order valence-electron chi connectivity index (χ3n) is 3.47. The van der Waals surface area contributed by atoms with Crippen molar-refractivity contribution in [3.05, 3.63) is 34.6 Å². The van der Waals surface area contributed by atoms with Gasteiger partial charge in [-0.25, -0.2) is 4.39 Å². The molecule has 5 heteroatoms. The molecule has 3 nitrogen and oxygen atoms in total. The van der Waals surface area contributed by atoms with E-state index >= 15 is 0 Å². The highest BCUT2D eigenvalue weighted by Crippen LogP contribution is 2.24. The Balaban J connectivity index is 2.03. The van der Waals surface area contributed by atoms with Gasteiger partial charge in [0.05, 0.1) is 18.1 Å². The molecule has 0 N–H and O–H groups in total. The molecule has 2 rings (SSSR count). The molecule has 0 radical (unpaired) electrons. The quantitative estimate of drug-likeness (QED) is 0.800. The second kappa shape index (κ2) is 6.35. The number of hydrogen-bond donors (Lipinski definition) is 0. The van der Waals surface area contributed by atoms with Gasteiger partial charge in [-0.05, 0) is 31.0 Å². The summed E-state index contributed by atoms with van der Waals surface area (Å²) in [5.41, 5.74) is 0.757. The molecule has 1 unspecified atom stereocenters. The summed E-state index contributed by atoms with van der Waals surface area (Å²) < 4.78 is 18.1. The summed E-state index contributed by atoms with van der Waals surface area (Å²) in [5, 5.41) is 0.169. The fourth-order valence-corrected chi connectivity index (χ4v) is 2.66. The number of carbonyl (C=O) groups is 1. The monoisotopic (exact) mass is 285 g/mol. The molecule has 1 aromatic carbocycles. The summed E-state index contributed by atoms with van der Waals surface area (Å²) in [6.45, 7) is 2.09. The first-order valence-electron chi connectivity index (χ1n) is 6.35. The molecule has 1 atom stereocenters. The van der Waals surface area contributed by atoms with E-state index in [1.807, 2.05) is 6.07 Å².